The van der Waals surface area contributed by atoms with Crippen LogP contribution in [0.1, 0.15) is 12.5 Å². The highest BCUT2D eigenvalue weighted by Gasteiger charge is 2.07. The van der Waals surface area contributed by atoms with E-state index in [0.717, 1.165) is 24.4 Å². The molecule has 0 bridgehead atoms. The van der Waals surface area contributed by atoms with Gasteiger partial charge in [0.2, 0.25) is 0 Å². The molecule has 1 aromatic rings. The number of ether oxygens (including phenoxy) is 1. The molecule has 0 aliphatic carbocycles. The Bertz CT molecular complexity index is 339. The van der Waals surface area contributed by atoms with Gasteiger partial charge in [-0.3, -0.25) is 4.90 Å². The van der Waals surface area contributed by atoms with E-state index in [2.05, 4.69) is 24.5 Å². The molecule has 3 heteroatoms. The average Bonchev–Trinajstić information content (AvgIpc) is 2.37. The molecule has 0 aromatic heterocycles. The molecule has 0 spiro atoms. The van der Waals surface area contributed by atoms with Crippen LogP contribution < -0.4 is 4.74 Å². The summed E-state index contributed by atoms with van der Waals surface area (Å²) in [7, 11) is 0. The first-order valence-corrected chi connectivity index (χ1v) is 5.96. The average molecular weight is 235 g/mol. The molecule has 0 heterocycles. The van der Waals surface area contributed by atoms with Crippen LogP contribution in [-0.4, -0.2) is 36.3 Å². The van der Waals surface area contributed by atoms with Crippen LogP contribution in [0.3, 0.4) is 0 Å². The number of hydrogen-bond acceptors (Lipinski definition) is 3. The summed E-state index contributed by atoms with van der Waals surface area (Å²) in [6.45, 7) is 8.83. The van der Waals surface area contributed by atoms with Gasteiger partial charge in [-0.05, 0) is 12.6 Å². The monoisotopic (exact) mass is 235 g/mol. The number of aliphatic hydroxyl groups excluding tert-OH is 1. The third kappa shape index (κ3) is 4.59. The maximum atomic E-state index is 8.97. The molecule has 94 valence electrons. The number of likely N-dealkylation sites (N-methyl/N-ethyl adjacent to an activating group) is 1. The summed E-state index contributed by atoms with van der Waals surface area (Å²) in [6, 6.07) is 7.98. The largest absolute Gasteiger partial charge is 0.489 e. The lowest BCUT2D eigenvalue weighted by atomic mass is 10.2. The molecule has 0 atom stereocenters. The number of nitrogens with zero attached hydrogens (tertiary/aromatic N) is 1. The van der Waals surface area contributed by atoms with E-state index in [-0.39, 0.29) is 6.61 Å². The highest BCUT2D eigenvalue weighted by molar-refractivity contribution is 5.33. The van der Waals surface area contributed by atoms with E-state index in [1.807, 2.05) is 18.2 Å². The fourth-order valence-electron chi connectivity index (χ4n) is 1.66. The Morgan fingerprint density at radius 1 is 1.41 bits per heavy atom. The maximum Gasteiger partial charge on any atom is 0.124 e. The minimum atomic E-state index is 0.184. The van der Waals surface area contributed by atoms with Gasteiger partial charge in [-0.25, -0.2) is 0 Å². The molecule has 3 nitrogen and oxygen atoms in total. The van der Waals surface area contributed by atoms with Gasteiger partial charge in [0.15, 0.2) is 0 Å². The highest BCUT2D eigenvalue weighted by Crippen LogP contribution is 2.19. The van der Waals surface area contributed by atoms with Crippen molar-refractivity contribution < 1.29 is 9.84 Å². The van der Waals surface area contributed by atoms with Gasteiger partial charge >= 0.3 is 0 Å². The highest BCUT2D eigenvalue weighted by atomic mass is 16.5. The van der Waals surface area contributed by atoms with Gasteiger partial charge in [0.25, 0.3) is 0 Å². The van der Waals surface area contributed by atoms with Crippen molar-refractivity contribution in [2.24, 2.45) is 0 Å². The number of rotatable bonds is 8. The minimum Gasteiger partial charge on any atom is -0.489 e. The van der Waals surface area contributed by atoms with Gasteiger partial charge < -0.3 is 9.84 Å². The Labute approximate surface area is 103 Å². The maximum absolute atomic E-state index is 8.97. The zero-order valence-electron chi connectivity index (χ0n) is 10.4. The van der Waals surface area contributed by atoms with Gasteiger partial charge in [0, 0.05) is 18.7 Å². The van der Waals surface area contributed by atoms with Crippen molar-refractivity contribution in [2.45, 2.75) is 13.5 Å². The number of benzene rings is 1. The van der Waals surface area contributed by atoms with Crippen LogP contribution in [-0.2, 0) is 6.54 Å². The molecule has 0 aliphatic heterocycles. The van der Waals surface area contributed by atoms with E-state index in [9.17, 15) is 0 Å². The van der Waals surface area contributed by atoms with Crippen molar-refractivity contribution in [3.63, 3.8) is 0 Å². The van der Waals surface area contributed by atoms with Crippen LogP contribution in [0.2, 0.25) is 0 Å². The van der Waals surface area contributed by atoms with Gasteiger partial charge in [0.1, 0.15) is 12.4 Å². The number of aliphatic hydroxyl groups is 1. The zero-order chi connectivity index (χ0) is 12.5. The molecule has 1 rings (SSSR count). The molecule has 1 aromatic carbocycles. The minimum absolute atomic E-state index is 0.184. The summed E-state index contributed by atoms with van der Waals surface area (Å²) in [4.78, 5) is 2.18. The lowest BCUT2D eigenvalue weighted by molar-refractivity contribution is 0.195. The third-order valence-corrected chi connectivity index (χ3v) is 2.59. The molecule has 0 saturated carbocycles. The van der Waals surface area contributed by atoms with Gasteiger partial charge in [-0.1, -0.05) is 37.8 Å². The Morgan fingerprint density at radius 2 is 2.18 bits per heavy atom. The summed E-state index contributed by atoms with van der Waals surface area (Å²) >= 11 is 0. The summed E-state index contributed by atoms with van der Waals surface area (Å²) in [5.41, 5.74) is 1.14. The van der Waals surface area contributed by atoms with Crippen LogP contribution in [0, 0.1) is 0 Å². The summed E-state index contributed by atoms with van der Waals surface area (Å²) in [6.07, 6.45) is 1.74. The van der Waals surface area contributed by atoms with E-state index in [4.69, 9.17) is 9.84 Å². The molecular formula is C14H21NO2. The molecule has 0 saturated heterocycles. The molecule has 17 heavy (non-hydrogen) atoms. The first-order chi connectivity index (χ1) is 8.31. The van der Waals surface area contributed by atoms with Gasteiger partial charge in [-0.2, -0.15) is 0 Å². The Kier molecular flexibility index (Phi) is 6.37. The summed E-state index contributed by atoms with van der Waals surface area (Å²) < 4.78 is 5.60. The van der Waals surface area contributed by atoms with Crippen molar-refractivity contribution in [1.29, 1.82) is 0 Å². The Balaban J connectivity index is 2.70. The van der Waals surface area contributed by atoms with Crippen LogP contribution >= 0.6 is 0 Å². The fraction of sp³-hybridized carbons (Fsp3) is 0.429. The van der Waals surface area contributed by atoms with Crippen LogP contribution in [0.4, 0.5) is 0 Å². The predicted octanol–water partition coefficient (Wildman–Crippen LogP) is 2.07. The normalized spacial score (nSPS) is 10.5. The third-order valence-electron chi connectivity index (χ3n) is 2.59. The van der Waals surface area contributed by atoms with E-state index >= 15 is 0 Å². The summed E-state index contributed by atoms with van der Waals surface area (Å²) in [5.74, 6) is 0.892. The van der Waals surface area contributed by atoms with Crippen molar-refractivity contribution in [3.8, 4) is 5.75 Å². The molecular weight excluding hydrogens is 214 g/mol. The van der Waals surface area contributed by atoms with E-state index < -0.39 is 0 Å². The Morgan fingerprint density at radius 3 is 2.82 bits per heavy atom. The second-order valence-corrected chi connectivity index (χ2v) is 3.80. The molecule has 1 N–H and O–H groups in total. The van der Waals surface area contributed by atoms with E-state index in [1.165, 1.54) is 0 Å². The number of hydrogen-bond donors (Lipinski definition) is 1. The first kappa shape index (κ1) is 13.7. The van der Waals surface area contributed by atoms with Crippen LogP contribution in [0.15, 0.2) is 36.9 Å². The molecule has 0 aliphatic rings. The quantitative estimate of drug-likeness (QED) is 0.700. The lowest BCUT2D eigenvalue weighted by Crippen LogP contribution is -2.26. The smallest absolute Gasteiger partial charge is 0.124 e. The molecule has 0 fully saturated rings. The molecule has 0 radical (unpaired) electrons. The van der Waals surface area contributed by atoms with Crippen LogP contribution in [0.25, 0.3) is 0 Å². The molecule has 0 unspecified atom stereocenters. The standard InChI is InChI=1S/C14H21NO2/c1-3-11-17-14-8-6-5-7-13(14)12-15(4-2)9-10-16/h3,5-8,16H,1,4,9-12H2,2H3. The fourth-order valence-corrected chi connectivity index (χ4v) is 1.66. The van der Waals surface area contributed by atoms with Crippen molar-refractivity contribution in [3.05, 3.63) is 42.5 Å². The second kappa shape index (κ2) is 7.87. The molecule has 0 amide bonds. The number of para-hydroxylation sites is 1. The topological polar surface area (TPSA) is 32.7 Å². The predicted molar refractivity (Wildman–Crippen MR) is 70.2 cm³/mol. The van der Waals surface area contributed by atoms with Crippen molar-refractivity contribution in [2.75, 3.05) is 26.3 Å². The van der Waals surface area contributed by atoms with Crippen molar-refractivity contribution in [1.82, 2.24) is 4.90 Å². The first-order valence-electron chi connectivity index (χ1n) is 5.96. The lowest BCUT2D eigenvalue weighted by Gasteiger charge is -2.20. The zero-order valence-corrected chi connectivity index (χ0v) is 10.4. The van der Waals surface area contributed by atoms with Crippen molar-refractivity contribution >= 4 is 0 Å². The van der Waals surface area contributed by atoms with E-state index in [1.54, 1.807) is 6.08 Å². The SMILES string of the molecule is C=CCOc1ccccc1CN(CC)CCO. The Hall–Kier alpha value is -1.32. The van der Waals surface area contributed by atoms with Crippen LogP contribution in [0.5, 0.6) is 5.75 Å². The summed E-state index contributed by atoms with van der Waals surface area (Å²) in [5, 5.41) is 8.97. The van der Waals surface area contributed by atoms with Gasteiger partial charge in [-0.15, -0.1) is 0 Å². The van der Waals surface area contributed by atoms with E-state index in [0.29, 0.717) is 13.2 Å². The second-order valence-electron chi connectivity index (χ2n) is 3.80. The van der Waals surface area contributed by atoms with Gasteiger partial charge in [0.05, 0.1) is 6.61 Å².